The molecular weight excluding hydrogens is 358 g/mol. The van der Waals surface area contributed by atoms with Crippen LogP contribution in [0, 0.1) is 15.5 Å². The normalized spacial score (nSPS) is 24.4. The van der Waals surface area contributed by atoms with Gasteiger partial charge in [0, 0.05) is 18.1 Å². The van der Waals surface area contributed by atoms with Crippen molar-refractivity contribution < 1.29 is 33.8 Å². The van der Waals surface area contributed by atoms with Crippen LogP contribution in [0.1, 0.15) is 31.7 Å². The summed E-state index contributed by atoms with van der Waals surface area (Å²) < 4.78 is 15.0. The van der Waals surface area contributed by atoms with Crippen LogP contribution < -0.4 is 0 Å². The van der Waals surface area contributed by atoms with Gasteiger partial charge in [-0.05, 0) is 25.0 Å². The predicted octanol–water partition coefficient (Wildman–Crippen LogP) is 2.04. The Balaban J connectivity index is 2.68. The smallest absolute Gasteiger partial charge is 0.373 e. The Hall–Kier alpha value is -2.94. The molecular formula is C18H21NO8. The summed E-state index contributed by atoms with van der Waals surface area (Å²) >= 11 is 0. The Morgan fingerprint density at radius 3 is 2.63 bits per heavy atom. The van der Waals surface area contributed by atoms with Gasteiger partial charge in [-0.3, -0.25) is 14.9 Å². The Morgan fingerprint density at radius 1 is 1.37 bits per heavy atom. The van der Waals surface area contributed by atoms with E-state index in [1.54, 1.807) is 19.9 Å². The second-order valence-electron chi connectivity index (χ2n) is 5.94. The van der Waals surface area contributed by atoms with E-state index in [-0.39, 0.29) is 24.5 Å². The van der Waals surface area contributed by atoms with Crippen molar-refractivity contribution in [3.63, 3.8) is 0 Å². The molecule has 0 amide bonds. The monoisotopic (exact) mass is 379 g/mol. The second-order valence-corrected chi connectivity index (χ2v) is 5.94. The number of rotatable bonds is 6. The number of nitrogens with zero attached hydrogens (tertiary/aromatic N) is 1. The first kappa shape index (κ1) is 20.4. The van der Waals surface area contributed by atoms with Crippen molar-refractivity contribution in [3.05, 3.63) is 51.8 Å². The number of aliphatic hydroxyl groups is 1. The van der Waals surface area contributed by atoms with Gasteiger partial charge in [-0.25, -0.2) is 4.79 Å². The van der Waals surface area contributed by atoms with Crippen molar-refractivity contribution in [2.45, 2.75) is 32.5 Å². The summed E-state index contributed by atoms with van der Waals surface area (Å²) in [7, 11) is 1.15. The first-order valence-corrected chi connectivity index (χ1v) is 8.38. The lowest BCUT2D eigenvalue weighted by Gasteiger charge is -2.42. The third-order valence-corrected chi connectivity index (χ3v) is 4.62. The lowest BCUT2D eigenvalue weighted by atomic mass is 9.68. The van der Waals surface area contributed by atoms with Gasteiger partial charge < -0.3 is 19.3 Å². The van der Waals surface area contributed by atoms with Gasteiger partial charge in [0.1, 0.15) is 5.41 Å². The van der Waals surface area contributed by atoms with Crippen molar-refractivity contribution in [2.75, 3.05) is 13.7 Å². The summed E-state index contributed by atoms with van der Waals surface area (Å²) in [5.74, 6) is -2.75. The van der Waals surface area contributed by atoms with Gasteiger partial charge in [0.25, 0.3) is 5.69 Å². The van der Waals surface area contributed by atoms with Crippen LogP contribution in [0.5, 0.6) is 0 Å². The standard InChI is InChI=1S/C18H21NO8/c1-4-18(16(21)26-5-2)13(10-14(15(20)25-3)27-17(18)22)11-7-6-8-12(9-11)19(23)24/h6-10,13,17,22H,4-5H2,1-3H3/t13-,17?,18+/m1/s1. The fourth-order valence-electron chi connectivity index (χ4n) is 3.19. The van der Waals surface area contributed by atoms with E-state index < -0.39 is 34.5 Å². The molecule has 0 aromatic heterocycles. The molecule has 1 unspecified atom stereocenters. The van der Waals surface area contributed by atoms with E-state index in [9.17, 15) is 24.8 Å². The third kappa shape index (κ3) is 3.63. The SMILES string of the molecule is CCOC(=O)[C@@]1(CC)C(O)OC(C(=O)OC)=C[C@@H]1c1cccc([N+](=O)[O-])c1. The zero-order chi connectivity index (χ0) is 20.2. The molecule has 1 aromatic carbocycles. The van der Waals surface area contributed by atoms with E-state index in [1.807, 2.05) is 0 Å². The molecule has 0 saturated carbocycles. The number of methoxy groups -OCH3 is 1. The lowest BCUT2D eigenvalue weighted by Crippen LogP contribution is -2.51. The highest BCUT2D eigenvalue weighted by Gasteiger charge is 2.56. The van der Waals surface area contributed by atoms with Crippen molar-refractivity contribution >= 4 is 17.6 Å². The number of allylic oxidation sites excluding steroid dienone is 1. The van der Waals surface area contributed by atoms with Gasteiger partial charge in [0.05, 0.1) is 18.6 Å². The van der Waals surface area contributed by atoms with Gasteiger partial charge in [0.2, 0.25) is 12.0 Å². The number of esters is 2. The number of hydrogen-bond acceptors (Lipinski definition) is 8. The van der Waals surface area contributed by atoms with Crippen LogP contribution in [0.2, 0.25) is 0 Å². The molecule has 3 atom stereocenters. The lowest BCUT2D eigenvalue weighted by molar-refractivity contribution is -0.385. The van der Waals surface area contributed by atoms with Gasteiger partial charge in [-0.1, -0.05) is 19.1 Å². The largest absolute Gasteiger partial charge is 0.465 e. The number of aliphatic hydroxyl groups excluding tert-OH is 1. The molecule has 1 aliphatic rings. The molecule has 0 fully saturated rings. The molecule has 1 heterocycles. The minimum Gasteiger partial charge on any atom is -0.465 e. The van der Waals surface area contributed by atoms with Crippen molar-refractivity contribution in [2.24, 2.45) is 5.41 Å². The highest BCUT2D eigenvalue weighted by Crippen LogP contribution is 2.49. The van der Waals surface area contributed by atoms with Crippen LogP contribution in [0.25, 0.3) is 0 Å². The number of carbonyl (C=O) groups excluding carboxylic acids is 2. The van der Waals surface area contributed by atoms with Crippen LogP contribution in [0.3, 0.4) is 0 Å². The van der Waals surface area contributed by atoms with Crippen LogP contribution in [-0.2, 0) is 23.8 Å². The molecule has 0 spiro atoms. The molecule has 1 aromatic rings. The van der Waals surface area contributed by atoms with E-state index in [1.165, 1.54) is 24.3 Å². The molecule has 146 valence electrons. The van der Waals surface area contributed by atoms with E-state index in [0.717, 1.165) is 7.11 Å². The van der Waals surface area contributed by atoms with Crippen LogP contribution in [-0.4, -0.2) is 42.0 Å². The molecule has 2 rings (SSSR count). The maximum atomic E-state index is 12.8. The van der Waals surface area contributed by atoms with Crippen LogP contribution in [0.15, 0.2) is 36.1 Å². The van der Waals surface area contributed by atoms with E-state index in [2.05, 4.69) is 4.74 Å². The van der Waals surface area contributed by atoms with Gasteiger partial charge >= 0.3 is 11.9 Å². The number of ether oxygens (including phenoxy) is 3. The zero-order valence-corrected chi connectivity index (χ0v) is 15.2. The number of nitro groups is 1. The predicted molar refractivity (Wildman–Crippen MR) is 92.4 cm³/mol. The molecule has 9 heteroatoms. The number of benzene rings is 1. The molecule has 27 heavy (non-hydrogen) atoms. The summed E-state index contributed by atoms with van der Waals surface area (Å²) in [5, 5.41) is 21.8. The number of nitro benzene ring substituents is 1. The average Bonchev–Trinajstić information content (AvgIpc) is 2.67. The molecule has 0 radical (unpaired) electrons. The Morgan fingerprint density at radius 2 is 2.07 bits per heavy atom. The highest BCUT2D eigenvalue weighted by molar-refractivity contribution is 5.88. The zero-order valence-electron chi connectivity index (χ0n) is 15.2. The van der Waals surface area contributed by atoms with E-state index in [0.29, 0.717) is 5.56 Å². The highest BCUT2D eigenvalue weighted by atomic mass is 16.6. The maximum absolute atomic E-state index is 12.8. The summed E-state index contributed by atoms with van der Waals surface area (Å²) in [4.78, 5) is 35.2. The van der Waals surface area contributed by atoms with Gasteiger partial charge in [-0.15, -0.1) is 0 Å². The summed E-state index contributed by atoms with van der Waals surface area (Å²) in [6.45, 7) is 3.35. The summed E-state index contributed by atoms with van der Waals surface area (Å²) in [5.41, 5.74) is -1.40. The fourth-order valence-corrected chi connectivity index (χ4v) is 3.19. The number of non-ortho nitro benzene ring substituents is 1. The Labute approximate surface area is 155 Å². The Kier molecular flexibility index (Phi) is 6.17. The molecule has 0 aliphatic carbocycles. The topological polar surface area (TPSA) is 125 Å². The number of carbonyl (C=O) groups is 2. The van der Waals surface area contributed by atoms with Crippen molar-refractivity contribution in [3.8, 4) is 0 Å². The van der Waals surface area contributed by atoms with E-state index in [4.69, 9.17) is 9.47 Å². The molecule has 1 N–H and O–H groups in total. The first-order chi connectivity index (χ1) is 12.8. The van der Waals surface area contributed by atoms with Gasteiger partial charge in [0.15, 0.2) is 0 Å². The van der Waals surface area contributed by atoms with Gasteiger partial charge in [-0.2, -0.15) is 0 Å². The quantitative estimate of drug-likeness (QED) is 0.452. The maximum Gasteiger partial charge on any atom is 0.373 e. The fraction of sp³-hybridized carbons (Fsp3) is 0.444. The third-order valence-electron chi connectivity index (χ3n) is 4.62. The minimum atomic E-state index is -1.70. The summed E-state index contributed by atoms with van der Waals surface area (Å²) in [6, 6.07) is 5.64. The summed E-state index contributed by atoms with van der Waals surface area (Å²) in [6.07, 6.45) is -0.270. The van der Waals surface area contributed by atoms with Crippen LogP contribution in [0.4, 0.5) is 5.69 Å². The first-order valence-electron chi connectivity index (χ1n) is 8.38. The molecule has 1 aliphatic heterocycles. The number of hydrogen-bond donors (Lipinski definition) is 1. The van der Waals surface area contributed by atoms with Crippen molar-refractivity contribution in [1.82, 2.24) is 0 Å². The second kappa shape index (κ2) is 8.17. The molecule has 9 nitrogen and oxygen atoms in total. The molecule has 0 saturated heterocycles. The van der Waals surface area contributed by atoms with Crippen LogP contribution >= 0.6 is 0 Å². The van der Waals surface area contributed by atoms with Crippen molar-refractivity contribution in [1.29, 1.82) is 0 Å². The average molecular weight is 379 g/mol. The Bertz CT molecular complexity index is 774. The molecule has 0 bridgehead atoms. The minimum absolute atomic E-state index is 0.0720. The van der Waals surface area contributed by atoms with E-state index >= 15 is 0 Å².